The summed E-state index contributed by atoms with van der Waals surface area (Å²) in [4.78, 5) is 25.5. The lowest BCUT2D eigenvalue weighted by Gasteiger charge is -2.73. The minimum absolute atomic E-state index is 0.0271. The maximum absolute atomic E-state index is 13.4. The third-order valence-corrected chi connectivity index (χ3v) is 15.6. The highest BCUT2D eigenvalue weighted by atomic mass is 16.7. The van der Waals surface area contributed by atoms with Crippen molar-refractivity contribution >= 4 is 17.5 Å². The van der Waals surface area contributed by atoms with Crippen molar-refractivity contribution in [3.8, 4) is 0 Å². The molecular weight excluding hydrogens is 588 g/mol. The van der Waals surface area contributed by atoms with Crippen molar-refractivity contribution in [2.24, 2.45) is 56.7 Å². The lowest BCUT2D eigenvalue weighted by molar-refractivity contribution is -0.275. The van der Waals surface area contributed by atoms with Crippen LogP contribution in [-0.2, 0) is 19.0 Å². The Balaban J connectivity index is 1.35. The molecule has 0 aromatic heterocycles. The van der Waals surface area contributed by atoms with Gasteiger partial charge in [-0.3, -0.25) is 4.79 Å². The number of ether oxygens (including phenoxy) is 3. The number of carbonyl (C=O) groups is 2. The molecule has 5 aliphatic carbocycles. The molecule has 4 saturated carbocycles. The van der Waals surface area contributed by atoms with Crippen LogP contribution < -0.4 is 0 Å². The summed E-state index contributed by atoms with van der Waals surface area (Å²) in [6.07, 6.45) is 8.39. The SMILES string of the molecule is C=C(C)[C@@H]1CC[C@]2(C(=O)O)C[C@@H]3OC(C)(C)O[C@H]4C[C@H]5C(C)(C)C(c6ccc(C(=O)OC)cc6)=CC[C@]5(C)[C@H]5CCC([C@@H]12)[C@]3(C)[C@]45C. The van der Waals surface area contributed by atoms with Gasteiger partial charge in [0.1, 0.15) is 0 Å². The average molecular weight is 645 g/mol. The Bertz CT molecular complexity index is 1540. The molecule has 5 fully saturated rings. The second-order valence-electron chi connectivity index (χ2n) is 18.0. The second-order valence-corrected chi connectivity index (χ2v) is 18.0. The van der Waals surface area contributed by atoms with E-state index in [9.17, 15) is 14.7 Å². The number of carbonyl (C=O) groups excluding carboxylic acids is 1. The molecule has 1 heterocycles. The summed E-state index contributed by atoms with van der Waals surface area (Å²) < 4.78 is 19.3. The lowest BCUT2D eigenvalue weighted by Crippen LogP contribution is -2.72. The summed E-state index contributed by atoms with van der Waals surface area (Å²) in [7, 11) is 1.42. The van der Waals surface area contributed by atoms with Crippen LogP contribution in [0.3, 0.4) is 0 Å². The van der Waals surface area contributed by atoms with E-state index in [0.717, 1.165) is 43.2 Å². The molecule has 1 aromatic rings. The molecule has 1 aliphatic heterocycles. The molecule has 256 valence electrons. The summed E-state index contributed by atoms with van der Waals surface area (Å²) in [6.45, 7) is 23.0. The zero-order valence-corrected chi connectivity index (χ0v) is 30.1. The van der Waals surface area contributed by atoms with Crippen LogP contribution in [0.1, 0.15) is 116 Å². The van der Waals surface area contributed by atoms with E-state index in [1.807, 2.05) is 12.1 Å². The van der Waals surface area contributed by atoms with Gasteiger partial charge in [-0.05, 0) is 129 Å². The van der Waals surface area contributed by atoms with Crippen molar-refractivity contribution in [1.29, 1.82) is 0 Å². The van der Waals surface area contributed by atoms with E-state index >= 15 is 0 Å². The highest BCUT2D eigenvalue weighted by molar-refractivity contribution is 5.90. The highest BCUT2D eigenvalue weighted by Gasteiger charge is 2.78. The first-order chi connectivity index (χ1) is 21.9. The van der Waals surface area contributed by atoms with E-state index in [4.69, 9.17) is 14.2 Å². The van der Waals surface area contributed by atoms with Crippen molar-refractivity contribution < 1.29 is 28.9 Å². The summed E-state index contributed by atoms with van der Waals surface area (Å²) in [5.41, 5.74) is 2.85. The van der Waals surface area contributed by atoms with Gasteiger partial charge in [-0.2, -0.15) is 0 Å². The normalized spacial score (nSPS) is 45.7. The Hall–Kier alpha value is -2.44. The Morgan fingerprint density at radius 2 is 1.57 bits per heavy atom. The number of fused-ring (bicyclic) bond motifs is 4. The Morgan fingerprint density at radius 1 is 0.915 bits per heavy atom. The molecule has 0 amide bonds. The van der Waals surface area contributed by atoms with Crippen LogP contribution in [0.25, 0.3) is 5.57 Å². The van der Waals surface area contributed by atoms with Crippen molar-refractivity contribution in [1.82, 2.24) is 0 Å². The Kier molecular flexibility index (Phi) is 7.24. The number of carboxylic acid groups (broad SMARTS) is 1. The zero-order chi connectivity index (χ0) is 34.1. The van der Waals surface area contributed by atoms with Gasteiger partial charge >= 0.3 is 11.9 Å². The number of esters is 1. The topological polar surface area (TPSA) is 82.1 Å². The van der Waals surface area contributed by atoms with Crippen molar-refractivity contribution in [2.45, 2.75) is 118 Å². The highest BCUT2D eigenvalue weighted by Crippen LogP contribution is 2.79. The molecule has 11 atom stereocenters. The van der Waals surface area contributed by atoms with Crippen LogP contribution >= 0.6 is 0 Å². The van der Waals surface area contributed by atoms with Crippen molar-refractivity contribution in [2.75, 3.05) is 7.11 Å². The molecular formula is C41H56O6. The second kappa shape index (κ2) is 10.3. The smallest absolute Gasteiger partial charge is 0.337 e. The zero-order valence-electron chi connectivity index (χ0n) is 30.1. The third kappa shape index (κ3) is 4.16. The predicted molar refractivity (Wildman–Crippen MR) is 182 cm³/mol. The predicted octanol–water partition coefficient (Wildman–Crippen LogP) is 8.95. The van der Waals surface area contributed by atoms with Crippen LogP contribution in [0, 0.1) is 56.7 Å². The van der Waals surface area contributed by atoms with Gasteiger partial charge in [0.2, 0.25) is 0 Å². The van der Waals surface area contributed by atoms with Gasteiger partial charge in [0.05, 0.1) is 30.3 Å². The van der Waals surface area contributed by atoms with Gasteiger partial charge in [-0.15, -0.1) is 0 Å². The fraction of sp³-hybridized carbons (Fsp3) is 0.707. The first-order valence-electron chi connectivity index (χ1n) is 18.0. The molecule has 0 spiro atoms. The van der Waals surface area contributed by atoms with E-state index in [0.29, 0.717) is 30.2 Å². The Morgan fingerprint density at radius 3 is 2.19 bits per heavy atom. The maximum atomic E-state index is 13.4. The first kappa shape index (κ1) is 33.1. The van der Waals surface area contributed by atoms with Crippen LogP contribution in [0.15, 0.2) is 42.5 Å². The minimum atomic E-state index is -0.832. The van der Waals surface area contributed by atoms with Crippen LogP contribution in [0.2, 0.25) is 0 Å². The van der Waals surface area contributed by atoms with Crippen molar-refractivity contribution in [3.63, 3.8) is 0 Å². The van der Waals surface area contributed by atoms with E-state index in [-0.39, 0.29) is 57.6 Å². The quantitative estimate of drug-likeness (QED) is 0.260. The van der Waals surface area contributed by atoms with Crippen LogP contribution in [0.5, 0.6) is 0 Å². The number of hydrogen-bond donors (Lipinski definition) is 1. The summed E-state index contributed by atoms with van der Waals surface area (Å²) in [6, 6.07) is 7.90. The monoisotopic (exact) mass is 644 g/mol. The molecule has 1 aromatic carbocycles. The van der Waals surface area contributed by atoms with Gasteiger partial charge in [-0.1, -0.05) is 65.0 Å². The van der Waals surface area contributed by atoms with Gasteiger partial charge in [0.25, 0.3) is 0 Å². The van der Waals surface area contributed by atoms with E-state index in [1.165, 1.54) is 12.7 Å². The number of rotatable bonds is 4. The molecule has 1 unspecified atom stereocenters. The maximum Gasteiger partial charge on any atom is 0.337 e. The molecule has 7 rings (SSSR count). The Labute approximate surface area is 281 Å². The fourth-order valence-corrected chi connectivity index (χ4v) is 13.5. The standard InChI is InChI=1S/C41H56O6/c1-23(2)26-17-20-41(35(43)44)22-32-39(8)28(33(26)41)15-16-29-38(7)19-18-27(24-11-13-25(14-12-24)34(42)45-10)36(3,4)30(38)21-31(40(29,39)9)46-37(5,6)47-32/h11-14,18,26,28-33H,1,15-17,19-22H2,2-10H3,(H,43,44)/t26-,28?,29+,30-,31-,32-,33+,38+,39-,40-,41-/m0/s1. The number of benzene rings is 1. The van der Waals surface area contributed by atoms with Gasteiger partial charge < -0.3 is 19.3 Å². The van der Waals surface area contributed by atoms with E-state index < -0.39 is 17.2 Å². The molecule has 47 heavy (non-hydrogen) atoms. The van der Waals surface area contributed by atoms with Gasteiger partial charge in [0, 0.05) is 10.8 Å². The number of methoxy groups -OCH3 is 1. The molecule has 6 heteroatoms. The van der Waals surface area contributed by atoms with Crippen LogP contribution in [0.4, 0.5) is 0 Å². The summed E-state index contributed by atoms with van der Waals surface area (Å²) in [5.74, 6) is -0.536. The minimum Gasteiger partial charge on any atom is -0.481 e. The molecule has 1 saturated heterocycles. The van der Waals surface area contributed by atoms with Gasteiger partial charge in [0.15, 0.2) is 5.79 Å². The molecule has 6 aliphatic rings. The lowest BCUT2D eigenvalue weighted by atomic mass is 9.31. The van der Waals surface area contributed by atoms with Gasteiger partial charge in [-0.25, -0.2) is 4.79 Å². The number of aliphatic carboxylic acids is 1. The van der Waals surface area contributed by atoms with Crippen LogP contribution in [-0.4, -0.2) is 42.1 Å². The number of allylic oxidation sites excluding steroid dienone is 3. The van der Waals surface area contributed by atoms with E-state index in [2.05, 4.69) is 80.2 Å². The molecule has 6 nitrogen and oxygen atoms in total. The average Bonchev–Trinajstić information content (AvgIpc) is 3.37. The molecule has 0 radical (unpaired) electrons. The molecule has 0 bridgehead atoms. The summed E-state index contributed by atoms with van der Waals surface area (Å²) >= 11 is 0. The van der Waals surface area contributed by atoms with E-state index in [1.54, 1.807) is 0 Å². The number of carboxylic acids is 1. The molecule has 1 N–H and O–H groups in total. The largest absolute Gasteiger partial charge is 0.481 e. The summed E-state index contributed by atoms with van der Waals surface area (Å²) in [5, 5.41) is 11.0. The fourth-order valence-electron chi connectivity index (χ4n) is 13.5. The first-order valence-corrected chi connectivity index (χ1v) is 18.0. The number of hydrogen-bond acceptors (Lipinski definition) is 5. The third-order valence-electron chi connectivity index (χ3n) is 15.6. The van der Waals surface area contributed by atoms with Crippen molar-refractivity contribution in [3.05, 3.63) is 53.6 Å².